The summed E-state index contributed by atoms with van der Waals surface area (Å²) in [5.74, 6) is 0. The highest BCUT2D eigenvalue weighted by Gasteiger charge is 2.51. The number of carboxylic acid groups (broad SMARTS) is 1. The van der Waals surface area contributed by atoms with Crippen LogP contribution in [0.5, 0.6) is 0 Å². The summed E-state index contributed by atoms with van der Waals surface area (Å²) in [6.45, 7) is 7.48. The van der Waals surface area contributed by atoms with Crippen molar-refractivity contribution in [2.45, 2.75) is 64.1 Å². The van der Waals surface area contributed by atoms with Crippen LogP contribution in [0.2, 0.25) is 0 Å². The van der Waals surface area contributed by atoms with Crippen LogP contribution >= 0.6 is 0 Å². The number of amides is 2. The molecule has 0 radical (unpaired) electrons. The van der Waals surface area contributed by atoms with Crippen LogP contribution in [0.1, 0.15) is 46.0 Å². The molecule has 25 heavy (non-hydrogen) atoms. The number of carbonyl (C=O) groups is 2. The van der Waals surface area contributed by atoms with Gasteiger partial charge in [0.2, 0.25) is 0 Å². The Balaban J connectivity index is 1.48. The average molecular weight is 353 g/mol. The Morgan fingerprint density at radius 1 is 1.20 bits per heavy atom. The smallest absolute Gasteiger partial charge is 0.409 e. The van der Waals surface area contributed by atoms with Gasteiger partial charge in [0.15, 0.2) is 0 Å². The molecule has 0 aromatic heterocycles. The van der Waals surface area contributed by atoms with E-state index in [1.807, 2.05) is 18.7 Å². The minimum atomic E-state index is -0.780. The average Bonchev–Trinajstić information content (AvgIpc) is 3.00. The molecule has 1 aliphatic carbocycles. The van der Waals surface area contributed by atoms with Gasteiger partial charge in [-0.3, -0.25) is 0 Å². The minimum absolute atomic E-state index is 0.150. The number of methoxy groups -OCH3 is 1. The van der Waals surface area contributed by atoms with Gasteiger partial charge in [0.25, 0.3) is 0 Å². The van der Waals surface area contributed by atoms with Crippen molar-refractivity contribution >= 4 is 12.2 Å². The van der Waals surface area contributed by atoms with Gasteiger partial charge in [0.1, 0.15) is 0 Å². The van der Waals surface area contributed by atoms with E-state index in [-0.39, 0.29) is 23.6 Å². The maximum Gasteiger partial charge on any atom is 0.409 e. The molecule has 1 spiro atoms. The Labute approximate surface area is 149 Å². The first-order valence-electron chi connectivity index (χ1n) is 9.43. The van der Waals surface area contributed by atoms with E-state index < -0.39 is 6.09 Å². The van der Waals surface area contributed by atoms with E-state index in [0.717, 1.165) is 45.2 Å². The van der Waals surface area contributed by atoms with Gasteiger partial charge in [-0.1, -0.05) is 0 Å². The number of piperidine rings is 1. The summed E-state index contributed by atoms with van der Waals surface area (Å²) in [4.78, 5) is 29.1. The fourth-order valence-electron chi connectivity index (χ4n) is 5.05. The maximum atomic E-state index is 12.0. The summed E-state index contributed by atoms with van der Waals surface area (Å²) in [7, 11) is 1.45. The van der Waals surface area contributed by atoms with Gasteiger partial charge in [-0.25, -0.2) is 9.59 Å². The molecule has 0 aromatic carbocycles. The molecule has 3 rings (SSSR count). The van der Waals surface area contributed by atoms with Crippen LogP contribution in [0.25, 0.3) is 0 Å². The molecule has 7 heteroatoms. The van der Waals surface area contributed by atoms with Gasteiger partial charge in [0, 0.05) is 44.3 Å². The number of carbonyl (C=O) groups excluding carboxylic acids is 1. The third kappa shape index (κ3) is 3.57. The van der Waals surface area contributed by atoms with E-state index in [9.17, 15) is 9.59 Å². The molecule has 2 saturated heterocycles. The molecular formula is C18H31N3O4. The summed E-state index contributed by atoms with van der Waals surface area (Å²) >= 11 is 0. The van der Waals surface area contributed by atoms with Crippen molar-refractivity contribution in [3.05, 3.63) is 0 Å². The van der Waals surface area contributed by atoms with Crippen LogP contribution in [0, 0.1) is 5.41 Å². The summed E-state index contributed by atoms with van der Waals surface area (Å²) < 4.78 is 4.95. The first-order chi connectivity index (χ1) is 11.8. The maximum absolute atomic E-state index is 12.0. The van der Waals surface area contributed by atoms with Gasteiger partial charge in [-0.2, -0.15) is 0 Å². The van der Waals surface area contributed by atoms with E-state index >= 15 is 0 Å². The fourth-order valence-corrected chi connectivity index (χ4v) is 5.05. The van der Waals surface area contributed by atoms with E-state index in [2.05, 4.69) is 4.90 Å². The van der Waals surface area contributed by atoms with Crippen molar-refractivity contribution in [3.8, 4) is 0 Å². The van der Waals surface area contributed by atoms with Crippen LogP contribution in [-0.4, -0.2) is 83.4 Å². The number of ether oxygens (including phenoxy) is 1. The lowest BCUT2D eigenvalue weighted by atomic mass is 9.64. The van der Waals surface area contributed by atoms with Crippen molar-refractivity contribution in [2.24, 2.45) is 5.41 Å². The minimum Gasteiger partial charge on any atom is -0.465 e. The summed E-state index contributed by atoms with van der Waals surface area (Å²) in [5, 5.41) is 9.14. The molecule has 3 aliphatic rings. The van der Waals surface area contributed by atoms with Crippen LogP contribution in [0.3, 0.4) is 0 Å². The number of nitrogens with zero attached hydrogens (tertiary/aromatic N) is 3. The number of hydrogen-bond donors (Lipinski definition) is 1. The third-order valence-electron chi connectivity index (χ3n) is 6.40. The SMILES string of the molecule is COC(=O)N(C(C)C)C1CCN(C2CC3(CCN(C(=O)O)C3)C2)CC1. The second kappa shape index (κ2) is 7.02. The monoisotopic (exact) mass is 353 g/mol. The Kier molecular flexibility index (Phi) is 5.14. The molecule has 0 unspecified atom stereocenters. The first-order valence-corrected chi connectivity index (χ1v) is 9.43. The molecule has 7 nitrogen and oxygen atoms in total. The highest BCUT2D eigenvalue weighted by atomic mass is 16.5. The van der Waals surface area contributed by atoms with E-state index in [4.69, 9.17) is 9.84 Å². The molecule has 3 fully saturated rings. The largest absolute Gasteiger partial charge is 0.465 e. The van der Waals surface area contributed by atoms with Crippen LogP contribution < -0.4 is 0 Å². The van der Waals surface area contributed by atoms with Crippen molar-refractivity contribution in [1.82, 2.24) is 14.7 Å². The Morgan fingerprint density at radius 3 is 2.32 bits per heavy atom. The number of hydrogen-bond acceptors (Lipinski definition) is 4. The second-order valence-corrected chi connectivity index (χ2v) is 8.25. The van der Waals surface area contributed by atoms with E-state index in [0.29, 0.717) is 19.1 Å². The zero-order valence-electron chi connectivity index (χ0n) is 15.6. The topological polar surface area (TPSA) is 73.3 Å². The highest BCUT2D eigenvalue weighted by molar-refractivity contribution is 5.68. The van der Waals surface area contributed by atoms with Crippen LogP contribution in [0.4, 0.5) is 9.59 Å². The lowest BCUT2D eigenvalue weighted by molar-refractivity contribution is -0.0172. The summed E-state index contributed by atoms with van der Waals surface area (Å²) in [6, 6.07) is 0.989. The predicted molar refractivity (Wildman–Crippen MR) is 93.6 cm³/mol. The van der Waals surface area contributed by atoms with Crippen molar-refractivity contribution in [2.75, 3.05) is 33.3 Å². The van der Waals surface area contributed by atoms with Gasteiger partial charge in [-0.05, 0) is 51.4 Å². The lowest BCUT2D eigenvalue weighted by Gasteiger charge is -2.52. The van der Waals surface area contributed by atoms with Gasteiger partial charge in [-0.15, -0.1) is 0 Å². The van der Waals surface area contributed by atoms with E-state index in [1.165, 1.54) is 7.11 Å². The van der Waals surface area contributed by atoms with Gasteiger partial charge < -0.3 is 24.5 Å². The molecule has 1 saturated carbocycles. The van der Waals surface area contributed by atoms with Crippen molar-refractivity contribution in [1.29, 1.82) is 0 Å². The Bertz CT molecular complexity index is 510. The molecule has 2 amide bonds. The summed E-state index contributed by atoms with van der Waals surface area (Å²) in [6.07, 6.45) is 4.21. The zero-order chi connectivity index (χ0) is 18.2. The Morgan fingerprint density at radius 2 is 1.84 bits per heavy atom. The number of rotatable bonds is 3. The molecule has 2 aliphatic heterocycles. The van der Waals surface area contributed by atoms with Crippen molar-refractivity contribution in [3.63, 3.8) is 0 Å². The molecule has 0 atom stereocenters. The molecular weight excluding hydrogens is 322 g/mol. The molecule has 0 aromatic rings. The zero-order valence-corrected chi connectivity index (χ0v) is 15.6. The number of likely N-dealkylation sites (tertiary alicyclic amines) is 2. The normalized spacial score (nSPS) is 30.6. The second-order valence-electron chi connectivity index (χ2n) is 8.25. The quantitative estimate of drug-likeness (QED) is 0.844. The van der Waals surface area contributed by atoms with Crippen LogP contribution in [-0.2, 0) is 4.74 Å². The van der Waals surface area contributed by atoms with Gasteiger partial charge >= 0.3 is 12.2 Å². The lowest BCUT2D eigenvalue weighted by Crippen LogP contribution is -2.57. The van der Waals surface area contributed by atoms with Gasteiger partial charge in [0.05, 0.1) is 7.11 Å². The molecule has 2 heterocycles. The highest BCUT2D eigenvalue weighted by Crippen LogP contribution is 2.50. The van der Waals surface area contributed by atoms with Crippen LogP contribution in [0.15, 0.2) is 0 Å². The molecule has 0 bridgehead atoms. The molecule has 142 valence electrons. The first kappa shape index (κ1) is 18.3. The van der Waals surface area contributed by atoms with Crippen molar-refractivity contribution < 1.29 is 19.4 Å². The predicted octanol–water partition coefficient (Wildman–Crippen LogP) is 2.46. The summed E-state index contributed by atoms with van der Waals surface area (Å²) in [5.41, 5.74) is 0.232. The van der Waals surface area contributed by atoms with E-state index in [1.54, 1.807) is 4.90 Å². The Hall–Kier alpha value is -1.50. The fraction of sp³-hybridized carbons (Fsp3) is 0.889. The standard InChI is InChI=1S/C18H31N3O4/c1-13(2)21(17(24)25-3)14-4-7-19(8-5-14)15-10-18(11-15)6-9-20(12-18)16(22)23/h13-15H,4-12H2,1-3H3,(H,22,23). The molecule has 1 N–H and O–H groups in total. The third-order valence-corrected chi connectivity index (χ3v) is 6.40.